The molecule has 2 aromatic carbocycles. The average Bonchev–Trinajstić information content (AvgIpc) is 2.64. The standard InChI is InChI=1S/C20H22Cl2N2O3/c1-13-3-5-15(6-4-13)23-20(25)18(24-7-9-27-10-8-24)16-11-14(21)12-17(22)19(16)26-2/h3-6,11-12,18H,7-10H2,1-2H3,(H,23,25)/t18-/m0/s1. The number of anilines is 1. The zero-order valence-corrected chi connectivity index (χ0v) is 16.8. The van der Waals surface area contributed by atoms with Gasteiger partial charge in [0.1, 0.15) is 11.8 Å². The molecule has 1 atom stereocenters. The normalized spacial score (nSPS) is 16.0. The molecule has 0 saturated carbocycles. The number of rotatable bonds is 5. The van der Waals surface area contributed by atoms with Gasteiger partial charge in [0.05, 0.1) is 25.3 Å². The highest BCUT2D eigenvalue weighted by Gasteiger charge is 2.32. The van der Waals surface area contributed by atoms with Crippen molar-refractivity contribution in [2.75, 3.05) is 38.7 Å². The molecule has 3 rings (SSSR count). The molecule has 27 heavy (non-hydrogen) atoms. The number of carbonyl (C=O) groups is 1. The fourth-order valence-corrected chi connectivity index (χ4v) is 3.77. The number of ether oxygens (including phenoxy) is 2. The van der Waals surface area contributed by atoms with Gasteiger partial charge in [0.25, 0.3) is 0 Å². The van der Waals surface area contributed by atoms with Crippen molar-refractivity contribution in [2.24, 2.45) is 0 Å². The smallest absolute Gasteiger partial charge is 0.246 e. The highest BCUT2D eigenvalue weighted by Crippen LogP contribution is 2.38. The van der Waals surface area contributed by atoms with E-state index in [2.05, 4.69) is 10.2 Å². The summed E-state index contributed by atoms with van der Waals surface area (Å²) in [4.78, 5) is 15.3. The van der Waals surface area contributed by atoms with Gasteiger partial charge in [-0.2, -0.15) is 0 Å². The summed E-state index contributed by atoms with van der Waals surface area (Å²) in [7, 11) is 1.53. The number of nitrogens with zero attached hydrogens (tertiary/aromatic N) is 1. The van der Waals surface area contributed by atoms with E-state index in [4.69, 9.17) is 32.7 Å². The van der Waals surface area contributed by atoms with E-state index in [0.29, 0.717) is 47.7 Å². The number of benzene rings is 2. The lowest BCUT2D eigenvalue weighted by atomic mass is 10.0. The summed E-state index contributed by atoms with van der Waals surface area (Å²) < 4.78 is 10.9. The number of hydrogen-bond acceptors (Lipinski definition) is 4. The van der Waals surface area contributed by atoms with E-state index in [1.165, 1.54) is 7.11 Å². The molecular formula is C20H22Cl2N2O3. The Bertz CT molecular complexity index is 806. The average molecular weight is 409 g/mol. The van der Waals surface area contributed by atoms with Gasteiger partial charge in [-0.05, 0) is 31.2 Å². The molecule has 0 radical (unpaired) electrons. The van der Waals surface area contributed by atoms with Crippen LogP contribution >= 0.6 is 23.2 Å². The first kappa shape index (κ1) is 20.0. The second kappa shape index (κ2) is 8.93. The molecule has 0 unspecified atom stereocenters. The van der Waals surface area contributed by atoms with Gasteiger partial charge in [-0.3, -0.25) is 9.69 Å². The Kier molecular flexibility index (Phi) is 6.60. The maximum absolute atomic E-state index is 13.3. The summed E-state index contributed by atoms with van der Waals surface area (Å²) in [5, 5.41) is 3.82. The van der Waals surface area contributed by atoms with Crippen LogP contribution in [0.2, 0.25) is 10.0 Å². The highest BCUT2D eigenvalue weighted by atomic mass is 35.5. The topological polar surface area (TPSA) is 50.8 Å². The molecule has 2 aromatic rings. The van der Waals surface area contributed by atoms with Crippen molar-refractivity contribution in [3.63, 3.8) is 0 Å². The summed E-state index contributed by atoms with van der Waals surface area (Å²) in [5.74, 6) is 0.286. The number of morpholine rings is 1. The van der Waals surface area contributed by atoms with Crippen molar-refractivity contribution >= 4 is 34.8 Å². The van der Waals surface area contributed by atoms with E-state index in [1.807, 2.05) is 31.2 Å². The largest absolute Gasteiger partial charge is 0.495 e. The van der Waals surface area contributed by atoms with E-state index in [-0.39, 0.29) is 5.91 Å². The number of hydrogen-bond donors (Lipinski definition) is 1. The Hall–Kier alpha value is -1.79. The van der Waals surface area contributed by atoms with Crippen molar-refractivity contribution in [3.8, 4) is 5.75 Å². The van der Waals surface area contributed by atoms with E-state index in [0.717, 1.165) is 11.3 Å². The van der Waals surface area contributed by atoms with Gasteiger partial charge in [0, 0.05) is 29.4 Å². The first-order chi connectivity index (χ1) is 13.0. The predicted octanol–water partition coefficient (Wildman–Crippen LogP) is 4.32. The van der Waals surface area contributed by atoms with Gasteiger partial charge >= 0.3 is 0 Å². The van der Waals surface area contributed by atoms with Gasteiger partial charge in [0.15, 0.2) is 0 Å². The van der Waals surface area contributed by atoms with Crippen LogP contribution in [0.3, 0.4) is 0 Å². The number of carbonyl (C=O) groups excluding carboxylic acids is 1. The van der Waals surface area contributed by atoms with Crippen LogP contribution in [0.5, 0.6) is 5.75 Å². The van der Waals surface area contributed by atoms with Gasteiger partial charge in [-0.15, -0.1) is 0 Å². The van der Waals surface area contributed by atoms with Crippen LogP contribution < -0.4 is 10.1 Å². The number of amides is 1. The molecule has 1 N–H and O–H groups in total. The van der Waals surface area contributed by atoms with E-state index >= 15 is 0 Å². The Labute approximate surface area is 169 Å². The van der Waals surface area contributed by atoms with Crippen molar-refractivity contribution in [1.29, 1.82) is 0 Å². The lowest BCUT2D eigenvalue weighted by molar-refractivity contribution is -0.123. The van der Waals surface area contributed by atoms with Gasteiger partial charge in [-0.1, -0.05) is 40.9 Å². The molecule has 1 amide bonds. The Morgan fingerprint density at radius 1 is 1.19 bits per heavy atom. The molecule has 0 bridgehead atoms. The monoisotopic (exact) mass is 408 g/mol. The molecule has 0 aromatic heterocycles. The quantitative estimate of drug-likeness (QED) is 0.799. The molecule has 0 aliphatic carbocycles. The first-order valence-corrected chi connectivity index (χ1v) is 9.47. The van der Waals surface area contributed by atoms with Crippen LogP contribution in [0.25, 0.3) is 0 Å². The van der Waals surface area contributed by atoms with E-state index in [1.54, 1.807) is 12.1 Å². The third kappa shape index (κ3) is 4.74. The summed E-state index contributed by atoms with van der Waals surface area (Å²) in [5.41, 5.74) is 2.50. The molecular weight excluding hydrogens is 387 g/mol. The lowest BCUT2D eigenvalue weighted by Crippen LogP contribution is -2.44. The number of halogens is 2. The summed E-state index contributed by atoms with van der Waals surface area (Å²) >= 11 is 12.5. The Morgan fingerprint density at radius 2 is 1.85 bits per heavy atom. The van der Waals surface area contributed by atoms with Crippen LogP contribution in [-0.2, 0) is 9.53 Å². The fourth-order valence-electron chi connectivity index (χ4n) is 3.19. The minimum atomic E-state index is -0.596. The van der Waals surface area contributed by atoms with Gasteiger partial charge in [0.2, 0.25) is 5.91 Å². The molecule has 7 heteroatoms. The minimum Gasteiger partial charge on any atom is -0.495 e. The van der Waals surface area contributed by atoms with Crippen molar-refractivity contribution in [3.05, 3.63) is 57.6 Å². The Morgan fingerprint density at radius 3 is 2.48 bits per heavy atom. The molecule has 5 nitrogen and oxygen atoms in total. The second-order valence-corrected chi connectivity index (χ2v) is 7.26. The second-order valence-electron chi connectivity index (χ2n) is 6.42. The maximum Gasteiger partial charge on any atom is 0.246 e. The third-order valence-electron chi connectivity index (χ3n) is 4.51. The predicted molar refractivity (Wildman–Crippen MR) is 108 cm³/mol. The first-order valence-electron chi connectivity index (χ1n) is 8.72. The summed E-state index contributed by atoms with van der Waals surface area (Å²) in [6, 6.07) is 10.4. The third-order valence-corrected chi connectivity index (χ3v) is 5.01. The van der Waals surface area contributed by atoms with Crippen LogP contribution in [0, 0.1) is 6.92 Å². The number of aryl methyl sites for hydroxylation is 1. The zero-order valence-electron chi connectivity index (χ0n) is 15.3. The number of nitrogens with one attached hydrogen (secondary N) is 1. The lowest BCUT2D eigenvalue weighted by Gasteiger charge is -2.34. The molecule has 1 aliphatic rings. The Balaban J connectivity index is 1.98. The molecule has 1 fully saturated rings. The molecule has 1 aliphatic heterocycles. The zero-order chi connectivity index (χ0) is 19.4. The van der Waals surface area contributed by atoms with Crippen molar-refractivity contribution < 1.29 is 14.3 Å². The van der Waals surface area contributed by atoms with Crippen molar-refractivity contribution in [1.82, 2.24) is 4.90 Å². The fraction of sp³-hybridized carbons (Fsp3) is 0.350. The minimum absolute atomic E-state index is 0.169. The molecule has 1 saturated heterocycles. The van der Waals surface area contributed by atoms with Crippen LogP contribution in [0.1, 0.15) is 17.2 Å². The summed E-state index contributed by atoms with van der Waals surface area (Å²) in [6.07, 6.45) is 0. The van der Waals surface area contributed by atoms with Crippen molar-refractivity contribution in [2.45, 2.75) is 13.0 Å². The summed E-state index contributed by atoms with van der Waals surface area (Å²) in [6.45, 7) is 4.37. The van der Waals surface area contributed by atoms with E-state index in [9.17, 15) is 4.79 Å². The maximum atomic E-state index is 13.3. The number of methoxy groups -OCH3 is 1. The van der Waals surface area contributed by atoms with E-state index < -0.39 is 6.04 Å². The van der Waals surface area contributed by atoms with Crippen LogP contribution in [-0.4, -0.2) is 44.2 Å². The van der Waals surface area contributed by atoms with Crippen LogP contribution in [0.15, 0.2) is 36.4 Å². The molecule has 1 heterocycles. The van der Waals surface area contributed by atoms with Gasteiger partial charge < -0.3 is 14.8 Å². The van der Waals surface area contributed by atoms with Gasteiger partial charge in [-0.25, -0.2) is 0 Å². The molecule has 0 spiro atoms. The SMILES string of the molecule is COc1c(Cl)cc(Cl)cc1[C@@H](C(=O)Nc1ccc(C)cc1)N1CCOCC1. The van der Waals surface area contributed by atoms with Crippen LogP contribution in [0.4, 0.5) is 5.69 Å². The highest BCUT2D eigenvalue weighted by molar-refractivity contribution is 6.35. The molecule has 144 valence electrons.